The first-order valence-corrected chi connectivity index (χ1v) is 7.22. The maximum Gasteiger partial charge on any atom is 0.127 e. The van der Waals surface area contributed by atoms with Crippen LogP contribution in [-0.4, -0.2) is 19.8 Å². The van der Waals surface area contributed by atoms with Crippen molar-refractivity contribution in [3.05, 3.63) is 28.3 Å². The van der Waals surface area contributed by atoms with E-state index in [9.17, 15) is 0 Å². The summed E-state index contributed by atoms with van der Waals surface area (Å²) >= 11 is 9.95. The first kappa shape index (κ1) is 11.8. The smallest absolute Gasteiger partial charge is 0.127 e. The van der Waals surface area contributed by atoms with Gasteiger partial charge in [0, 0.05) is 34.4 Å². The molecule has 0 spiro atoms. The normalized spacial score (nSPS) is 24.5. The molecule has 2 aliphatic rings. The summed E-state index contributed by atoms with van der Waals surface area (Å²) in [6, 6.07) is 4.03. The van der Waals surface area contributed by atoms with E-state index < -0.39 is 0 Å². The fourth-order valence-electron chi connectivity index (χ4n) is 2.54. The maximum atomic E-state index is 6.17. The Labute approximate surface area is 114 Å². The van der Waals surface area contributed by atoms with E-state index in [-0.39, 0.29) is 4.83 Å². The summed E-state index contributed by atoms with van der Waals surface area (Å²) in [5.74, 6) is 1.55. The third kappa shape index (κ3) is 2.20. The van der Waals surface area contributed by atoms with Gasteiger partial charge in [0.05, 0.1) is 13.2 Å². The highest BCUT2D eigenvalue weighted by Crippen LogP contribution is 2.44. The van der Waals surface area contributed by atoms with Crippen molar-refractivity contribution in [3.63, 3.8) is 0 Å². The van der Waals surface area contributed by atoms with Gasteiger partial charge in [0.1, 0.15) is 5.75 Å². The number of hydrogen-bond acceptors (Lipinski definition) is 2. The number of halogens is 2. The molecule has 2 nitrogen and oxygen atoms in total. The van der Waals surface area contributed by atoms with Gasteiger partial charge in [-0.3, -0.25) is 0 Å². The molecule has 0 saturated carbocycles. The van der Waals surface area contributed by atoms with Gasteiger partial charge in [0.2, 0.25) is 0 Å². The lowest BCUT2D eigenvalue weighted by molar-refractivity contribution is 0.185. The highest BCUT2D eigenvalue weighted by Gasteiger charge is 2.29. The van der Waals surface area contributed by atoms with Gasteiger partial charge >= 0.3 is 0 Å². The van der Waals surface area contributed by atoms with Crippen LogP contribution >= 0.6 is 27.5 Å². The van der Waals surface area contributed by atoms with Gasteiger partial charge < -0.3 is 9.47 Å². The highest BCUT2D eigenvalue weighted by atomic mass is 79.9. The highest BCUT2D eigenvalue weighted by molar-refractivity contribution is 9.09. The summed E-state index contributed by atoms with van der Waals surface area (Å²) in [7, 11) is 0. The van der Waals surface area contributed by atoms with Crippen LogP contribution < -0.4 is 4.74 Å². The molecule has 0 aliphatic carbocycles. The molecule has 0 bridgehead atoms. The Bertz CT molecular complexity index is 430. The molecule has 17 heavy (non-hydrogen) atoms. The molecule has 4 heteroatoms. The van der Waals surface area contributed by atoms with Crippen LogP contribution in [0.5, 0.6) is 5.75 Å². The minimum absolute atomic E-state index is 0.274. The van der Waals surface area contributed by atoms with Crippen molar-refractivity contribution in [1.29, 1.82) is 0 Å². The predicted molar refractivity (Wildman–Crippen MR) is 71.2 cm³/mol. The zero-order valence-electron chi connectivity index (χ0n) is 9.42. The molecule has 0 N–H and O–H groups in total. The van der Waals surface area contributed by atoms with Crippen LogP contribution in [0.1, 0.15) is 22.4 Å². The molecule has 2 heterocycles. The lowest BCUT2D eigenvalue weighted by atomic mass is 9.96. The SMILES string of the molecule is Clc1cc2c(c(C(Br)C3CCOC3)c1)OCC2. The van der Waals surface area contributed by atoms with Crippen molar-refractivity contribution in [2.24, 2.45) is 5.92 Å². The molecule has 1 fully saturated rings. The summed E-state index contributed by atoms with van der Waals surface area (Å²) in [6.07, 6.45) is 2.06. The largest absolute Gasteiger partial charge is 0.493 e. The van der Waals surface area contributed by atoms with Crippen LogP contribution in [0.25, 0.3) is 0 Å². The van der Waals surface area contributed by atoms with Gasteiger partial charge in [-0.25, -0.2) is 0 Å². The van der Waals surface area contributed by atoms with E-state index in [4.69, 9.17) is 21.1 Å². The third-order valence-electron chi connectivity index (χ3n) is 3.45. The zero-order valence-corrected chi connectivity index (χ0v) is 11.8. The Morgan fingerprint density at radius 2 is 2.24 bits per heavy atom. The van der Waals surface area contributed by atoms with Gasteiger partial charge in [0.15, 0.2) is 0 Å². The lowest BCUT2D eigenvalue weighted by Gasteiger charge is -2.19. The third-order valence-corrected chi connectivity index (χ3v) is 4.91. The summed E-state index contributed by atoms with van der Waals surface area (Å²) in [5, 5.41) is 0.799. The van der Waals surface area contributed by atoms with E-state index in [2.05, 4.69) is 15.9 Å². The van der Waals surface area contributed by atoms with Crippen LogP contribution in [0.4, 0.5) is 0 Å². The maximum absolute atomic E-state index is 6.17. The number of hydrogen-bond donors (Lipinski definition) is 0. The van der Waals surface area contributed by atoms with Crippen LogP contribution in [0.15, 0.2) is 12.1 Å². The molecule has 3 rings (SSSR count). The minimum Gasteiger partial charge on any atom is -0.493 e. The van der Waals surface area contributed by atoms with Crippen LogP contribution in [0.2, 0.25) is 5.02 Å². The Morgan fingerprint density at radius 1 is 1.35 bits per heavy atom. The Hall–Kier alpha value is -0.250. The Kier molecular flexibility index (Phi) is 3.33. The standard InChI is InChI=1S/C13H14BrClO2/c14-12(9-1-3-16-7-9)11-6-10(15)5-8-2-4-17-13(8)11/h5-6,9,12H,1-4,7H2. The molecule has 1 saturated heterocycles. The molecule has 0 radical (unpaired) electrons. The fourth-order valence-corrected chi connectivity index (χ4v) is 3.55. The van der Waals surface area contributed by atoms with Crippen molar-refractivity contribution >= 4 is 27.5 Å². The second-order valence-electron chi connectivity index (χ2n) is 4.61. The summed E-state index contributed by atoms with van der Waals surface area (Å²) < 4.78 is 11.2. The lowest BCUT2D eigenvalue weighted by Crippen LogP contribution is -2.08. The van der Waals surface area contributed by atoms with Gasteiger partial charge in [-0.15, -0.1) is 0 Å². The number of ether oxygens (including phenoxy) is 2. The van der Waals surface area contributed by atoms with E-state index in [1.807, 2.05) is 12.1 Å². The number of rotatable bonds is 2. The van der Waals surface area contributed by atoms with E-state index in [1.165, 1.54) is 11.1 Å². The van der Waals surface area contributed by atoms with E-state index >= 15 is 0 Å². The summed E-state index contributed by atoms with van der Waals surface area (Å²) in [4.78, 5) is 0.274. The van der Waals surface area contributed by atoms with Gasteiger partial charge in [-0.1, -0.05) is 27.5 Å². The second kappa shape index (κ2) is 4.79. The molecule has 1 aromatic rings. The molecule has 92 valence electrons. The quantitative estimate of drug-likeness (QED) is 0.774. The van der Waals surface area contributed by atoms with E-state index in [0.717, 1.165) is 43.4 Å². The Balaban J connectivity index is 1.96. The molecular weight excluding hydrogens is 303 g/mol. The molecule has 2 unspecified atom stereocenters. The van der Waals surface area contributed by atoms with Crippen molar-refractivity contribution in [2.75, 3.05) is 19.8 Å². The first-order chi connectivity index (χ1) is 8.25. The van der Waals surface area contributed by atoms with Crippen molar-refractivity contribution in [3.8, 4) is 5.75 Å². The Morgan fingerprint density at radius 3 is 3.00 bits per heavy atom. The van der Waals surface area contributed by atoms with Gasteiger partial charge in [0.25, 0.3) is 0 Å². The van der Waals surface area contributed by atoms with Crippen molar-refractivity contribution < 1.29 is 9.47 Å². The van der Waals surface area contributed by atoms with Crippen LogP contribution in [-0.2, 0) is 11.2 Å². The molecule has 2 atom stereocenters. The van der Waals surface area contributed by atoms with E-state index in [1.54, 1.807) is 0 Å². The van der Waals surface area contributed by atoms with Gasteiger partial charge in [-0.2, -0.15) is 0 Å². The molecule has 0 aromatic heterocycles. The number of benzene rings is 1. The second-order valence-corrected chi connectivity index (χ2v) is 6.03. The molecule has 0 amide bonds. The number of alkyl halides is 1. The summed E-state index contributed by atoms with van der Waals surface area (Å²) in [6.45, 7) is 2.44. The summed E-state index contributed by atoms with van der Waals surface area (Å²) in [5.41, 5.74) is 2.41. The van der Waals surface area contributed by atoms with Crippen LogP contribution in [0, 0.1) is 5.92 Å². The molecule has 1 aromatic carbocycles. The first-order valence-electron chi connectivity index (χ1n) is 5.92. The van der Waals surface area contributed by atoms with Crippen molar-refractivity contribution in [2.45, 2.75) is 17.7 Å². The molecule has 2 aliphatic heterocycles. The van der Waals surface area contributed by atoms with Crippen molar-refractivity contribution in [1.82, 2.24) is 0 Å². The van der Waals surface area contributed by atoms with Crippen LogP contribution in [0.3, 0.4) is 0 Å². The zero-order chi connectivity index (χ0) is 11.8. The molecular formula is C13H14BrClO2. The fraction of sp³-hybridized carbons (Fsp3) is 0.538. The number of fused-ring (bicyclic) bond motifs is 1. The average molecular weight is 318 g/mol. The van der Waals surface area contributed by atoms with Gasteiger partial charge in [-0.05, 0) is 24.1 Å². The minimum atomic E-state index is 0.274. The predicted octanol–water partition coefficient (Wildman–Crippen LogP) is 3.75. The topological polar surface area (TPSA) is 18.5 Å². The van der Waals surface area contributed by atoms with E-state index in [0.29, 0.717) is 5.92 Å². The monoisotopic (exact) mass is 316 g/mol. The average Bonchev–Trinajstić information content (AvgIpc) is 2.97.